The molecule has 2 heterocycles. The lowest BCUT2D eigenvalue weighted by molar-refractivity contribution is -0.192. The first-order valence-corrected chi connectivity index (χ1v) is 17.8. The van der Waals surface area contributed by atoms with Crippen molar-refractivity contribution in [2.24, 2.45) is 11.1 Å². The number of imide groups is 1. The molecular formula is C39H45F5N6O8. The number of nitrogens with two attached hydrogens (primary N) is 1. The van der Waals surface area contributed by atoms with Crippen molar-refractivity contribution in [3.8, 4) is 11.1 Å². The molecule has 0 spiro atoms. The van der Waals surface area contributed by atoms with Crippen LogP contribution in [0.4, 0.5) is 22.0 Å². The van der Waals surface area contributed by atoms with Gasteiger partial charge in [-0.25, -0.2) is 13.6 Å². The standard InChI is InChI=1S/C37H44F2N6O6.C2HF3O2/c1-37(2,3)35(30-18-25(27-19-26(38)10-11-28(27)39)21-43(30)20-24-8-6-5-7-9-24)44(34(49)23-51-4)17-14-29(40)36(50)42-16-15-41-31(46)22-45-32(47)12-13-33(45)48;3-2(4,5)1(6)7/h5-13,18-19,21,29,35H,14-17,20,22-23,40H2,1-4H3,(H,41,46)(H,42,50);(H,6,7). The minimum Gasteiger partial charge on any atom is -0.475 e. The molecule has 2 aromatic carbocycles. The molecule has 58 heavy (non-hydrogen) atoms. The zero-order valence-electron chi connectivity index (χ0n) is 32.1. The summed E-state index contributed by atoms with van der Waals surface area (Å²) in [6.07, 6.45) is -1.11. The maximum atomic E-state index is 15.0. The molecule has 0 radical (unpaired) electrons. The second-order valence-corrected chi connectivity index (χ2v) is 14.1. The molecule has 4 rings (SSSR count). The van der Waals surface area contributed by atoms with E-state index in [1.165, 1.54) is 7.11 Å². The third-order valence-corrected chi connectivity index (χ3v) is 8.57. The second kappa shape index (κ2) is 20.5. The van der Waals surface area contributed by atoms with Crippen LogP contribution >= 0.6 is 0 Å². The highest BCUT2D eigenvalue weighted by Crippen LogP contribution is 2.41. The van der Waals surface area contributed by atoms with Gasteiger partial charge in [0.05, 0.1) is 12.1 Å². The number of alkyl halides is 3. The highest BCUT2D eigenvalue weighted by molar-refractivity contribution is 6.14. The Kier molecular flexibility index (Phi) is 16.4. The fourth-order valence-electron chi connectivity index (χ4n) is 5.93. The monoisotopic (exact) mass is 820 g/mol. The summed E-state index contributed by atoms with van der Waals surface area (Å²) in [6.45, 7) is 5.68. The van der Waals surface area contributed by atoms with E-state index in [1.54, 1.807) is 17.2 Å². The van der Waals surface area contributed by atoms with Gasteiger partial charge in [-0.2, -0.15) is 13.2 Å². The Bertz CT molecular complexity index is 1960. The number of carbonyl (C=O) groups excluding carboxylic acids is 5. The number of nitrogens with zero attached hydrogens (tertiary/aromatic N) is 3. The first-order valence-electron chi connectivity index (χ1n) is 17.8. The van der Waals surface area contributed by atoms with Crippen molar-refractivity contribution in [3.05, 3.63) is 95.8 Å². The number of nitrogens with one attached hydrogen (secondary N) is 2. The Morgan fingerprint density at radius 3 is 2.10 bits per heavy atom. The quantitative estimate of drug-likeness (QED) is 0.0951. The summed E-state index contributed by atoms with van der Waals surface area (Å²) in [5, 5.41) is 12.3. The zero-order valence-corrected chi connectivity index (χ0v) is 32.1. The molecule has 2 atom stereocenters. The highest BCUT2D eigenvalue weighted by atomic mass is 19.4. The summed E-state index contributed by atoms with van der Waals surface area (Å²) >= 11 is 0. The molecule has 0 aliphatic carbocycles. The number of halogens is 5. The molecular weight excluding hydrogens is 775 g/mol. The normalized spacial score (nSPS) is 13.7. The van der Waals surface area contributed by atoms with Gasteiger partial charge in [0, 0.05) is 68.5 Å². The molecule has 3 aromatic rings. The molecule has 2 unspecified atom stereocenters. The third-order valence-electron chi connectivity index (χ3n) is 8.57. The number of hydrogen-bond donors (Lipinski definition) is 4. The molecule has 314 valence electrons. The molecule has 5 amide bonds. The van der Waals surface area contributed by atoms with Crippen LogP contribution in [0.3, 0.4) is 0 Å². The van der Waals surface area contributed by atoms with Gasteiger partial charge >= 0.3 is 12.1 Å². The minimum absolute atomic E-state index is 0.0259. The number of aliphatic carboxylic acids is 1. The fourth-order valence-corrected chi connectivity index (χ4v) is 5.93. The number of amides is 5. The van der Waals surface area contributed by atoms with Crippen LogP contribution in [0, 0.1) is 17.0 Å². The van der Waals surface area contributed by atoms with E-state index in [1.807, 2.05) is 55.7 Å². The number of methoxy groups -OCH3 is 1. The van der Waals surface area contributed by atoms with Gasteiger partial charge in [-0.1, -0.05) is 51.1 Å². The summed E-state index contributed by atoms with van der Waals surface area (Å²) in [6, 6.07) is 13.0. The van der Waals surface area contributed by atoms with Crippen molar-refractivity contribution in [2.45, 2.75) is 52.0 Å². The lowest BCUT2D eigenvalue weighted by atomic mass is 9.82. The predicted molar refractivity (Wildman–Crippen MR) is 199 cm³/mol. The second-order valence-electron chi connectivity index (χ2n) is 14.1. The Morgan fingerprint density at radius 1 is 0.931 bits per heavy atom. The van der Waals surface area contributed by atoms with Gasteiger partial charge in [0.15, 0.2) is 0 Å². The Morgan fingerprint density at radius 2 is 1.53 bits per heavy atom. The van der Waals surface area contributed by atoms with E-state index in [0.717, 1.165) is 40.8 Å². The average Bonchev–Trinajstić information content (AvgIpc) is 3.69. The number of carbonyl (C=O) groups is 6. The Balaban J connectivity index is 0.00000117. The van der Waals surface area contributed by atoms with Crippen LogP contribution < -0.4 is 16.4 Å². The SMILES string of the molecule is COCC(=O)N(CCC(N)C(=O)NCCNC(=O)CN1C(=O)C=CC1=O)C(c1cc(-c2cc(F)ccc2F)cn1Cc1ccccc1)C(C)(C)C.O=C(O)C(F)(F)F. The van der Waals surface area contributed by atoms with Gasteiger partial charge in [-0.05, 0) is 41.7 Å². The molecule has 0 saturated carbocycles. The average molecular weight is 821 g/mol. The van der Waals surface area contributed by atoms with Gasteiger partial charge in [-0.15, -0.1) is 0 Å². The molecule has 1 aromatic heterocycles. The first-order chi connectivity index (χ1) is 27.1. The van der Waals surface area contributed by atoms with Crippen molar-refractivity contribution in [1.29, 1.82) is 0 Å². The molecule has 0 fully saturated rings. The van der Waals surface area contributed by atoms with E-state index >= 15 is 4.39 Å². The number of carboxylic acids is 1. The third kappa shape index (κ3) is 13.3. The molecule has 0 saturated heterocycles. The molecule has 19 heteroatoms. The van der Waals surface area contributed by atoms with Crippen molar-refractivity contribution in [1.82, 2.24) is 25.0 Å². The Hall–Kier alpha value is -5.95. The van der Waals surface area contributed by atoms with E-state index in [2.05, 4.69) is 10.6 Å². The number of hydrogen-bond acceptors (Lipinski definition) is 8. The molecule has 1 aliphatic rings. The lowest BCUT2D eigenvalue weighted by Gasteiger charge is -2.41. The largest absolute Gasteiger partial charge is 0.490 e. The fraction of sp³-hybridized carbons (Fsp3) is 0.385. The topological polar surface area (TPSA) is 193 Å². The number of ether oxygens (including phenoxy) is 1. The van der Waals surface area contributed by atoms with Crippen molar-refractivity contribution < 1.29 is 60.6 Å². The van der Waals surface area contributed by atoms with E-state index in [0.29, 0.717) is 17.8 Å². The van der Waals surface area contributed by atoms with E-state index in [4.69, 9.17) is 20.4 Å². The highest BCUT2D eigenvalue weighted by Gasteiger charge is 2.39. The lowest BCUT2D eigenvalue weighted by Crippen LogP contribution is -2.48. The van der Waals surface area contributed by atoms with Crippen molar-refractivity contribution >= 4 is 35.5 Å². The van der Waals surface area contributed by atoms with Gasteiger partial charge in [0.25, 0.3) is 11.8 Å². The number of carboxylic acid groups (broad SMARTS) is 1. The summed E-state index contributed by atoms with van der Waals surface area (Å²) in [5.74, 6) is -6.53. The van der Waals surface area contributed by atoms with Gasteiger partial charge < -0.3 is 35.7 Å². The summed E-state index contributed by atoms with van der Waals surface area (Å²) in [4.78, 5) is 73.4. The molecule has 5 N–H and O–H groups in total. The van der Waals surface area contributed by atoms with Gasteiger partial charge in [0.2, 0.25) is 17.7 Å². The zero-order chi connectivity index (χ0) is 43.4. The summed E-state index contributed by atoms with van der Waals surface area (Å²) in [7, 11) is 1.40. The van der Waals surface area contributed by atoms with Crippen LogP contribution in [0.25, 0.3) is 11.1 Å². The van der Waals surface area contributed by atoms with Crippen LogP contribution in [0.1, 0.15) is 44.5 Å². The molecule has 0 bridgehead atoms. The first kappa shape index (κ1) is 46.4. The van der Waals surface area contributed by atoms with Crippen molar-refractivity contribution in [2.75, 3.05) is 39.9 Å². The van der Waals surface area contributed by atoms with E-state index in [9.17, 15) is 41.5 Å². The minimum atomic E-state index is -5.08. The van der Waals surface area contributed by atoms with Crippen LogP contribution in [0.5, 0.6) is 0 Å². The maximum absolute atomic E-state index is 15.0. The summed E-state index contributed by atoms with van der Waals surface area (Å²) < 4.78 is 68.2. The predicted octanol–water partition coefficient (Wildman–Crippen LogP) is 3.55. The maximum Gasteiger partial charge on any atom is 0.490 e. The van der Waals surface area contributed by atoms with Crippen LogP contribution in [0.15, 0.2) is 72.9 Å². The summed E-state index contributed by atoms with van der Waals surface area (Å²) in [5.41, 5.74) is 7.80. The van der Waals surface area contributed by atoms with Gasteiger partial charge in [0.1, 0.15) is 24.8 Å². The van der Waals surface area contributed by atoms with Crippen LogP contribution in [0.2, 0.25) is 0 Å². The van der Waals surface area contributed by atoms with E-state index < -0.39 is 71.5 Å². The Labute approximate surface area is 330 Å². The molecule has 14 nitrogen and oxygen atoms in total. The smallest absolute Gasteiger partial charge is 0.475 e. The number of rotatable bonds is 16. The van der Waals surface area contributed by atoms with Gasteiger partial charge in [-0.3, -0.25) is 28.9 Å². The van der Waals surface area contributed by atoms with Crippen molar-refractivity contribution in [3.63, 3.8) is 0 Å². The van der Waals surface area contributed by atoms with Crippen LogP contribution in [-0.4, -0.2) is 107 Å². The van der Waals surface area contributed by atoms with E-state index in [-0.39, 0.29) is 44.1 Å². The number of benzene rings is 2. The number of aromatic nitrogens is 1. The van der Waals surface area contributed by atoms with Crippen LogP contribution in [-0.2, 0) is 40.0 Å². The molecule has 1 aliphatic heterocycles.